The lowest BCUT2D eigenvalue weighted by molar-refractivity contribution is -0.117. The van der Waals surface area contributed by atoms with Crippen molar-refractivity contribution in [2.75, 3.05) is 26.8 Å². The molecule has 10 heteroatoms. The fraction of sp³-hybridized carbons (Fsp3) is 0.200. The minimum absolute atomic E-state index is 0.122. The van der Waals surface area contributed by atoms with E-state index in [0.29, 0.717) is 46.2 Å². The molecule has 3 aromatic carbocycles. The molecule has 0 bridgehead atoms. The van der Waals surface area contributed by atoms with Crippen LogP contribution in [-0.4, -0.2) is 32.7 Å². The first-order valence-corrected chi connectivity index (χ1v) is 13.0. The number of urea groups is 1. The van der Waals surface area contributed by atoms with Crippen molar-refractivity contribution in [2.45, 2.75) is 19.4 Å². The average molecular weight is 513 g/mol. The number of primary amides is 1. The van der Waals surface area contributed by atoms with E-state index in [4.69, 9.17) is 17.3 Å². The minimum Gasteiger partial charge on any atom is -0.351 e. The van der Waals surface area contributed by atoms with Crippen LogP contribution in [0, 0.1) is 6.92 Å². The first-order valence-electron chi connectivity index (χ1n) is 11.0. The van der Waals surface area contributed by atoms with Crippen molar-refractivity contribution in [3.8, 4) is 0 Å². The van der Waals surface area contributed by atoms with Gasteiger partial charge in [0.25, 0.3) is 5.91 Å². The maximum atomic E-state index is 13.6. The molecule has 3 amide bonds. The van der Waals surface area contributed by atoms with E-state index in [9.17, 15) is 18.0 Å². The Hall–Kier alpha value is -3.56. The number of amides is 3. The summed E-state index contributed by atoms with van der Waals surface area (Å²) in [7, 11) is -3.32. The molecule has 3 N–H and O–H groups in total. The Morgan fingerprint density at radius 2 is 1.74 bits per heavy atom. The first-order chi connectivity index (χ1) is 16.7. The molecule has 182 valence electrons. The molecule has 1 atom stereocenters. The van der Waals surface area contributed by atoms with Crippen LogP contribution in [-0.2, 0) is 14.8 Å². The van der Waals surface area contributed by atoms with Gasteiger partial charge in [0.05, 0.1) is 11.4 Å². The number of nitrogens with one attached hydrogen (secondary N) is 1. The van der Waals surface area contributed by atoms with Gasteiger partial charge in [-0.05, 0) is 66.9 Å². The molecule has 1 saturated heterocycles. The van der Waals surface area contributed by atoms with Gasteiger partial charge >= 0.3 is 6.03 Å². The predicted molar refractivity (Wildman–Crippen MR) is 138 cm³/mol. The highest BCUT2D eigenvalue weighted by molar-refractivity contribution is 7.93. The SMILES string of the molecule is Cc1cc(NC(=O)C(c2ccccc2)N(C(N)=O)c2ccc(Cl)cc2)ccc1N1CCCS1(=O)=O. The summed E-state index contributed by atoms with van der Waals surface area (Å²) in [6.07, 6.45) is 0.576. The van der Waals surface area contributed by atoms with Crippen molar-refractivity contribution in [1.29, 1.82) is 0 Å². The van der Waals surface area contributed by atoms with Crippen LogP contribution >= 0.6 is 11.6 Å². The summed E-state index contributed by atoms with van der Waals surface area (Å²) in [6, 6.07) is 18.5. The molecule has 35 heavy (non-hydrogen) atoms. The Morgan fingerprint density at radius 3 is 2.31 bits per heavy atom. The van der Waals surface area contributed by atoms with Gasteiger partial charge in [0.2, 0.25) is 10.0 Å². The fourth-order valence-corrected chi connectivity index (χ4v) is 5.94. The Labute approximate surface area is 209 Å². The largest absolute Gasteiger partial charge is 0.351 e. The Bertz CT molecular complexity index is 1350. The van der Waals surface area contributed by atoms with E-state index in [1.54, 1.807) is 73.7 Å². The predicted octanol–water partition coefficient (Wildman–Crippen LogP) is 4.45. The molecule has 0 radical (unpaired) electrons. The Morgan fingerprint density at radius 1 is 1.06 bits per heavy atom. The van der Waals surface area contributed by atoms with E-state index in [2.05, 4.69) is 5.32 Å². The zero-order chi connectivity index (χ0) is 25.2. The number of carbonyl (C=O) groups excluding carboxylic acids is 2. The van der Waals surface area contributed by atoms with Crippen LogP contribution in [0.5, 0.6) is 0 Å². The van der Waals surface area contributed by atoms with Crippen molar-refractivity contribution in [3.05, 3.63) is 88.9 Å². The molecule has 0 aliphatic carbocycles. The summed E-state index contributed by atoms with van der Waals surface area (Å²) in [5.74, 6) is -0.358. The number of hydrogen-bond acceptors (Lipinski definition) is 4. The van der Waals surface area contributed by atoms with Gasteiger partial charge in [-0.25, -0.2) is 13.2 Å². The maximum Gasteiger partial charge on any atom is 0.320 e. The lowest BCUT2D eigenvalue weighted by Gasteiger charge is -2.30. The molecule has 8 nitrogen and oxygen atoms in total. The number of aryl methyl sites for hydroxylation is 1. The van der Waals surface area contributed by atoms with Gasteiger partial charge in [0, 0.05) is 22.9 Å². The maximum absolute atomic E-state index is 13.6. The third kappa shape index (κ3) is 5.26. The van der Waals surface area contributed by atoms with E-state index in [-0.39, 0.29) is 5.75 Å². The topological polar surface area (TPSA) is 113 Å². The molecule has 1 fully saturated rings. The second-order valence-electron chi connectivity index (χ2n) is 8.23. The smallest absolute Gasteiger partial charge is 0.320 e. The minimum atomic E-state index is -3.32. The van der Waals surface area contributed by atoms with E-state index < -0.39 is 28.0 Å². The van der Waals surface area contributed by atoms with E-state index >= 15 is 0 Å². The number of nitrogens with zero attached hydrogens (tertiary/aromatic N) is 2. The van der Waals surface area contributed by atoms with Crippen LogP contribution in [0.4, 0.5) is 21.9 Å². The van der Waals surface area contributed by atoms with E-state index in [1.807, 2.05) is 6.07 Å². The Balaban J connectivity index is 1.67. The normalized spacial score (nSPS) is 15.4. The van der Waals surface area contributed by atoms with Gasteiger partial charge in [0.15, 0.2) is 0 Å². The monoisotopic (exact) mass is 512 g/mol. The highest BCUT2D eigenvalue weighted by atomic mass is 35.5. The molecule has 3 aromatic rings. The molecule has 0 aromatic heterocycles. The van der Waals surface area contributed by atoms with Gasteiger partial charge in [-0.1, -0.05) is 41.9 Å². The number of hydrogen-bond donors (Lipinski definition) is 2. The van der Waals surface area contributed by atoms with Gasteiger partial charge in [0.1, 0.15) is 6.04 Å². The zero-order valence-electron chi connectivity index (χ0n) is 19.0. The van der Waals surface area contributed by atoms with Crippen molar-refractivity contribution in [1.82, 2.24) is 0 Å². The van der Waals surface area contributed by atoms with E-state index in [1.165, 1.54) is 9.21 Å². The Kier molecular flexibility index (Phi) is 7.00. The molecule has 1 unspecified atom stereocenters. The van der Waals surface area contributed by atoms with Crippen LogP contribution in [0.3, 0.4) is 0 Å². The molecule has 0 spiro atoms. The van der Waals surface area contributed by atoms with Crippen LogP contribution < -0.4 is 20.3 Å². The standard InChI is InChI=1S/C25H25ClN4O4S/c1-17-16-20(10-13-22(17)29-14-5-15-35(29,33)34)28-24(31)23(18-6-3-2-4-7-18)30(25(27)32)21-11-8-19(26)9-12-21/h2-4,6-13,16,23H,5,14-15H2,1H3,(H2,27,32)(H,28,31). The number of anilines is 3. The van der Waals surface area contributed by atoms with Crippen molar-refractivity contribution in [3.63, 3.8) is 0 Å². The summed E-state index contributed by atoms with van der Waals surface area (Å²) in [5, 5.41) is 3.33. The number of nitrogens with two attached hydrogens (primary N) is 1. The second kappa shape index (κ2) is 9.97. The lowest BCUT2D eigenvalue weighted by atomic mass is 10.0. The van der Waals surface area contributed by atoms with Gasteiger partial charge in [-0.15, -0.1) is 0 Å². The van der Waals surface area contributed by atoms with Crippen LogP contribution in [0.1, 0.15) is 23.6 Å². The molecule has 1 aliphatic heterocycles. The van der Waals surface area contributed by atoms with Gasteiger partial charge in [-0.3, -0.25) is 14.0 Å². The molecule has 1 heterocycles. The molecular weight excluding hydrogens is 488 g/mol. The number of rotatable bonds is 6. The summed E-state index contributed by atoms with van der Waals surface area (Å²) >= 11 is 6.00. The number of carbonyl (C=O) groups is 2. The van der Waals surface area contributed by atoms with Crippen molar-refractivity contribution < 1.29 is 18.0 Å². The molecule has 1 aliphatic rings. The average Bonchev–Trinajstić information content (AvgIpc) is 3.17. The fourth-order valence-electron chi connectivity index (χ4n) is 4.19. The first kappa shape index (κ1) is 24.6. The van der Waals surface area contributed by atoms with Crippen LogP contribution in [0.15, 0.2) is 72.8 Å². The van der Waals surface area contributed by atoms with Crippen molar-refractivity contribution >= 4 is 50.6 Å². The highest BCUT2D eigenvalue weighted by Gasteiger charge is 2.32. The van der Waals surface area contributed by atoms with Crippen LogP contribution in [0.2, 0.25) is 5.02 Å². The zero-order valence-corrected chi connectivity index (χ0v) is 20.6. The molecule has 4 rings (SSSR count). The number of sulfonamides is 1. The third-order valence-electron chi connectivity index (χ3n) is 5.80. The van der Waals surface area contributed by atoms with Gasteiger partial charge < -0.3 is 11.1 Å². The lowest BCUT2D eigenvalue weighted by Crippen LogP contribution is -2.44. The number of halogens is 1. The molecule has 0 saturated carbocycles. The van der Waals surface area contributed by atoms with E-state index in [0.717, 1.165) is 0 Å². The molecular formula is C25H25ClN4O4S. The summed E-state index contributed by atoms with van der Waals surface area (Å²) in [6.45, 7) is 2.22. The van der Waals surface area contributed by atoms with Gasteiger partial charge in [-0.2, -0.15) is 0 Å². The summed E-state index contributed by atoms with van der Waals surface area (Å²) < 4.78 is 26.0. The quantitative estimate of drug-likeness (QED) is 0.507. The summed E-state index contributed by atoms with van der Waals surface area (Å²) in [4.78, 5) is 27.3. The third-order valence-corrected chi connectivity index (χ3v) is 7.90. The summed E-state index contributed by atoms with van der Waals surface area (Å²) in [5.41, 5.74) is 8.46. The van der Waals surface area contributed by atoms with Crippen molar-refractivity contribution in [2.24, 2.45) is 5.73 Å². The highest BCUT2D eigenvalue weighted by Crippen LogP contribution is 2.32. The second-order valence-corrected chi connectivity index (χ2v) is 10.7. The number of benzene rings is 3. The van der Waals surface area contributed by atoms with Crippen LogP contribution in [0.25, 0.3) is 0 Å².